The third kappa shape index (κ3) is 3.51. The van der Waals surface area contributed by atoms with E-state index in [1.807, 2.05) is 47.9 Å². The van der Waals surface area contributed by atoms with E-state index in [-0.39, 0.29) is 11.9 Å². The summed E-state index contributed by atoms with van der Waals surface area (Å²) in [5, 5.41) is 3.13. The third-order valence-electron chi connectivity index (χ3n) is 4.99. The molecular formula is C23H22N4O. The molecule has 3 heterocycles. The normalized spacial score (nSPS) is 12.1. The van der Waals surface area contributed by atoms with Crippen LogP contribution in [0.25, 0.3) is 5.65 Å². The van der Waals surface area contributed by atoms with Crippen molar-refractivity contribution in [3.05, 3.63) is 101 Å². The van der Waals surface area contributed by atoms with Gasteiger partial charge in [-0.25, -0.2) is 4.98 Å². The summed E-state index contributed by atoms with van der Waals surface area (Å²) in [7, 11) is 0. The summed E-state index contributed by atoms with van der Waals surface area (Å²) in [6.45, 7) is 6.16. The molecule has 0 fully saturated rings. The van der Waals surface area contributed by atoms with Gasteiger partial charge in [0.05, 0.1) is 6.04 Å². The van der Waals surface area contributed by atoms with E-state index in [4.69, 9.17) is 0 Å². The van der Waals surface area contributed by atoms with Crippen molar-refractivity contribution in [1.82, 2.24) is 19.7 Å². The van der Waals surface area contributed by atoms with Crippen LogP contribution in [0.3, 0.4) is 0 Å². The molecule has 5 nitrogen and oxygen atoms in total. The lowest BCUT2D eigenvalue weighted by molar-refractivity contribution is 0.0938. The van der Waals surface area contributed by atoms with Gasteiger partial charge in [-0.1, -0.05) is 30.3 Å². The summed E-state index contributed by atoms with van der Waals surface area (Å²) < 4.78 is 1.87. The molecule has 1 amide bonds. The highest BCUT2D eigenvalue weighted by Gasteiger charge is 2.20. The van der Waals surface area contributed by atoms with Gasteiger partial charge in [-0.2, -0.15) is 0 Å². The molecule has 0 spiro atoms. The minimum atomic E-state index is -0.299. The van der Waals surface area contributed by atoms with Gasteiger partial charge in [0.1, 0.15) is 11.3 Å². The fourth-order valence-electron chi connectivity index (χ4n) is 3.27. The number of pyridine rings is 2. The number of carbonyl (C=O) groups excluding carboxylic acids is 1. The van der Waals surface area contributed by atoms with Gasteiger partial charge in [0, 0.05) is 24.8 Å². The van der Waals surface area contributed by atoms with Crippen LogP contribution in [0.15, 0.2) is 67.3 Å². The zero-order valence-corrected chi connectivity index (χ0v) is 16.2. The lowest BCUT2D eigenvalue weighted by Gasteiger charge is -2.20. The first-order valence-corrected chi connectivity index (χ1v) is 9.24. The van der Waals surface area contributed by atoms with Crippen molar-refractivity contribution in [2.45, 2.75) is 26.8 Å². The maximum atomic E-state index is 13.0. The standard InChI is InChI=1S/C23H22N4O/c1-15-6-9-21-25-20(14-27(21)13-15)23(28)26-22(19-5-4-10-24-12-19)18-8-7-16(2)17(3)11-18/h4-14,22H,1-3H3,(H,26,28)/t22-/m0/s1. The van der Waals surface area contributed by atoms with Crippen LogP contribution in [0, 0.1) is 20.8 Å². The second-order valence-electron chi connectivity index (χ2n) is 7.13. The van der Waals surface area contributed by atoms with Crippen LogP contribution in [0.4, 0.5) is 0 Å². The van der Waals surface area contributed by atoms with Crippen LogP contribution in [-0.4, -0.2) is 20.3 Å². The van der Waals surface area contributed by atoms with E-state index in [2.05, 4.69) is 41.3 Å². The number of imidazole rings is 1. The molecule has 1 N–H and O–H groups in total. The van der Waals surface area contributed by atoms with Crippen molar-refractivity contribution in [2.24, 2.45) is 0 Å². The van der Waals surface area contributed by atoms with Gasteiger partial charge in [-0.05, 0) is 60.7 Å². The van der Waals surface area contributed by atoms with E-state index in [0.717, 1.165) is 22.3 Å². The smallest absolute Gasteiger partial charge is 0.272 e. The van der Waals surface area contributed by atoms with Crippen molar-refractivity contribution in [1.29, 1.82) is 0 Å². The number of nitrogens with zero attached hydrogens (tertiary/aromatic N) is 3. The van der Waals surface area contributed by atoms with Crippen molar-refractivity contribution in [2.75, 3.05) is 0 Å². The van der Waals surface area contributed by atoms with Gasteiger partial charge in [0.2, 0.25) is 0 Å². The molecule has 4 rings (SSSR count). The second-order valence-corrected chi connectivity index (χ2v) is 7.13. The van der Waals surface area contributed by atoms with Gasteiger partial charge in [0.25, 0.3) is 5.91 Å². The largest absolute Gasteiger partial charge is 0.340 e. The van der Waals surface area contributed by atoms with Crippen LogP contribution >= 0.6 is 0 Å². The molecule has 0 saturated carbocycles. The number of amides is 1. The molecule has 0 aliphatic heterocycles. The number of fused-ring (bicyclic) bond motifs is 1. The Labute approximate surface area is 164 Å². The predicted octanol–water partition coefficient (Wildman–Crippen LogP) is 4.17. The number of carbonyl (C=O) groups is 1. The molecule has 0 aliphatic carbocycles. The first-order chi connectivity index (χ1) is 13.5. The highest BCUT2D eigenvalue weighted by molar-refractivity contribution is 5.93. The zero-order valence-electron chi connectivity index (χ0n) is 16.2. The minimum Gasteiger partial charge on any atom is -0.340 e. The molecule has 0 bridgehead atoms. The molecule has 3 aromatic heterocycles. The van der Waals surface area contributed by atoms with Crippen LogP contribution < -0.4 is 5.32 Å². The van der Waals surface area contributed by atoms with Gasteiger partial charge in [-0.15, -0.1) is 0 Å². The Morgan fingerprint density at radius 2 is 1.86 bits per heavy atom. The first-order valence-electron chi connectivity index (χ1n) is 9.24. The van der Waals surface area contributed by atoms with E-state index >= 15 is 0 Å². The van der Waals surface area contributed by atoms with Crippen LogP contribution in [0.5, 0.6) is 0 Å². The summed E-state index contributed by atoms with van der Waals surface area (Å²) in [5.74, 6) is -0.214. The Morgan fingerprint density at radius 3 is 2.61 bits per heavy atom. The summed E-state index contributed by atoms with van der Waals surface area (Å²) in [5.41, 5.74) is 6.60. The fourth-order valence-corrected chi connectivity index (χ4v) is 3.27. The van der Waals surface area contributed by atoms with E-state index in [0.29, 0.717) is 5.69 Å². The number of hydrogen-bond donors (Lipinski definition) is 1. The Kier molecular flexibility index (Phi) is 4.65. The Morgan fingerprint density at radius 1 is 1.00 bits per heavy atom. The monoisotopic (exact) mass is 370 g/mol. The fraction of sp³-hybridized carbons (Fsp3) is 0.174. The number of aryl methyl sites for hydroxylation is 3. The third-order valence-corrected chi connectivity index (χ3v) is 4.99. The molecular weight excluding hydrogens is 348 g/mol. The van der Waals surface area contributed by atoms with Crippen molar-refractivity contribution < 1.29 is 4.79 Å². The molecule has 1 atom stereocenters. The van der Waals surface area contributed by atoms with Gasteiger partial charge in [-0.3, -0.25) is 9.78 Å². The van der Waals surface area contributed by atoms with Gasteiger partial charge >= 0.3 is 0 Å². The molecule has 0 saturated heterocycles. The Hall–Kier alpha value is -3.47. The van der Waals surface area contributed by atoms with E-state index in [9.17, 15) is 4.79 Å². The Bertz CT molecular complexity index is 1150. The number of nitrogens with one attached hydrogen (secondary N) is 1. The van der Waals surface area contributed by atoms with Crippen molar-refractivity contribution in [3.8, 4) is 0 Å². The molecule has 0 aliphatic rings. The zero-order chi connectivity index (χ0) is 19.7. The Balaban J connectivity index is 1.70. The maximum Gasteiger partial charge on any atom is 0.272 e. The highest BCUT2D eigenvalue weighted by atomic mass is 16.2. The number of benzene rings is 1. The van der Waals surface area contributed by atoms with Crippen molar-refractivity contribution >= 4 is 11.6 Å². The summed E-state index contributed by atoms with van der Waals surface area (Å²) >= 11 is 0. The number of hydrogen-bond acceptors (Lipinski definition) is 3. The quantitative estimate of drug-likeness (QED) is 0.586. The minimum absolute atomic E-state index is 0.214. The predicted molar refractivity (Wildman–Crippen MR) is 109 cm³/mol. The molecule has 5 heteroatoms. The lowest BCUT2D eigenvalue weighted by Crippen LogP contribution is -2.29. The van der Waals surface area contributed by atoms with Gasteiger partial charge in [0.15, 0.2) is 0 Å². The molecule has 0 radical (unpaired) electrons. The summed E-state index contributed by atoms with van der Waals surface area (Å²) in [4.78, 5) is 21.7. The maximum absolute atomic E-state index is 13.0. The van der Waals surface area contributed by atoms with Crippen LogP contribution in [0.1, 0.15) is 44.3 Å². The average molecular weight is 370 g/mol. The molecule has 4 aromatic rings. The molecule has 1 aromatic carbocycles. The average Bonchev–Trinajstić information content (AvgIpc) is 3.12. The highest BCUT2D eigenvalue weighted by Crippen LogP contribution is 2.24. The second kappa shape index (κ2) is 7.27. The van der Waals surface area contributed by atoms with Crippen molar-refractivity contribution in [3.63, 3.8) is 0 Å². The van der Waals surface area contributed by atoms with Crippen LogP contribution in [0.2, 0.25) is 0 Å². The number of aromatic nitrogens is 3. The van der Waals surface area contributed by atoms with Crippen LogP contribution in [-0.2, 0) is 0 Å². The molecule has 0 unspecified atom stereocenters. The summed E-state index contributed by atoms with van der Waals surface area (Å²) in [6.07, 6.45) is 7.24. The van der Waals surface area contributed by atoms with E-state index in [1.54, 1.807) is 18.6 Å². The number of rotatable bonds is 4. The van der Waals surface area contributed by atoms with Gasteiger partial charge < -0.3 is 9.72 Å². The van der Waals surface area contributed by atoms with E-state index < -0.39 is 0 Å². The molecule has 28 heavy (non-hydrogen) atoms. The van der Waals surface area contributed by atoms with E-state index in [1.165, 1.54) is 11.1 Å². The SMILES string of the molecule is Cc1ccc2nc(C(=O)N[C@H](c3cccnc3)c3ccc(C)c(C)c3)cn2c1. The summed E-state index contributed by atoms with van der Waals surface area (Å²) in [6, 6.07) is 13.7. The topological polar surface area (TPSA) is 59.3 Å². The molecule has 140 valence electrons. The first kappa shape index (κ1) is 17.9. The lowest BCUT2D eigenvalue weighted by atomic mass is 9.96.